The van der Waals surface area contributed by atoms with Crippen LogP contribution in [-0.4, -0.2) is 12.6 Å². The Morgan fingerprint density at radius 3 is 2.57 bits per heavy atom. The molecule has 0 unspecified atom stereocenters. The Kier molecular flexibility index (Phi) is 2.89. The third-order valence-corrected chi connectivity index (χ3v) is 4.33. The fourth-order valence-corrected chi connectivity index (χ4v) is 2.99. The monoisotopic (exact) mass is 345 g/mol. The van der Waals surface area contributed by atoms with Crippen LogP contribution < -0.4 is 14.8 Å². The number of carbonyl (C=O) groups is 1. The summed E-state index contributed by atoms with van der Waals surface area (Å²) in [5.41, 5.74) is 2.57. The van der Waals surface area contributed by atoms with Crippen molar-refractivity contribution < 1.29 is 14.3 Å². The van der Waals surface area contributed by atoms with Gasteiger partial charge in [0.15, 0.2) is 17.3 Å². The molecule has 5 heteroatoms. The van der Waals surface area contributed by atoms with Gasteiger partial charge in [-0.25, -0.2) is 0 Å². The van der Waals surface area contributed by atoms with Gasteiger partial charge in [-0.15, -0.1) is 0 Å². The highest BCUT2D eigenvalue weighted by molar-refractivity contribution is 9.10. The van der Waals surface area contributed by atoms with Crippen molar-refractivity contribution in [3.63, 3.8) is 0 Å². The van der Waals surface area contributed by atoms with E-state index in [9.17, 15) is 4.79 Å². The normalized spacial score (nSPS) is 19.1. The maximum absolute atomic E-state index is 12.4. The summed E-state index contributed by atoms with van der Waals surface area (Å²) in [5.74, 6) is 1.45. The van der Waals surface area contributed by atoms with Crippen molar-refractivity contribution in [2.24, 2.45) is 0 Å². The van der Waals surface area contributed by atoms with Gasteiger partial charge in [0.25, 0.3) is 0 Å². The Morgan fingerprint density at radius 1 is 1.10 bits per heavy atom. The van der Waals surface area contributed by atoms with Gasteiger partial charge < -0.3 is 14.8 Å². The second kappa shape index (κ2) is 4.77. The van der Waals surface area contributed by atoms with Gasteiger partial charge in [0, 0.05) is 28.2 Å². The van der Waals surface area contributed by atoms with Gasteiger partial charge >= 0.3 is 0 Å². The van der Waals surface area contributed by atoms with E-state index in [1.165, 1.54) is 0 Å². The van der Waals surface area contributed by atoms with Crippen molar-refractivity contribution in [3.8, 4) is 11.5 Å². The van der Waals surface area contributed by atoms with Gasteiger partial charge in [0.05, 0.1) is 6.04 Å². The van der Waals surface area contributed by atoms with Crippen LogP contribution in [0.15, 0.2) is 40.9 Å². The molecule has 0 amide bonds. The molecule has 2 aromatic rings. The third kappa shape index (κ3) is 2.17. The number of fused-ring (bicyclic) bond motifs is 2. The average Bonchev–Trinajstić information content (AvgIpc) is 2.93. The van der Waals surface area contributed by atoms with E-state index in [0.717, 1.165) is 15.7 Å². The van der Waals surface area contributed by atoms with Crippen LogP contribution in [0.1, 0.15) is 28.4 Å². The molecule has 2 aromatic carbocycles. The van der Waals surface area contributed by atoms with Gasteiger partial charge in [0.2, 0.25) is 6.79 Å². The molecule has 2 aliphatic heterocycles. The molecule has 2 heterocycles. The summed E-state index contributed by atoms with van der Waals surface area (Å²) < 4.78 is 11.7. The quantitative estimate of drug-likeness (QED) is 0.850. The molecule has 4 rings (SSSR count). The number of rotatable bonds is 1. The lowest BCUT2D eigenvalue weighted by atomic mass is 9.92. The van der Waals surface area contributed by atoms with Gasteiger partial charge in [-0.05, 0) is 23.8 Å². The first kappa shape index (κ1) is 12.7. The topological polar surface area (TPSA) is 47.6 Å². The van der Waals surface area contributed by atoms with Crippen molar-refractivity contribution >= 4 is 27.4 Å². The molecule has 0 bridgehead atoms. The highest BCUT2D eigenvalue weighted by Crippen LogP contribution is 2.41. The van der Waals surface area contributed by atoms with Gasteiger partial charge in [-0.3, -0.25) is 4.79 Å². The highest BCUT2D eigenvalue weighted by Gasteiger charge is 2.28. The number of anilines is 1. The first-order valence-electron chi connectivity index (χ1n) is 6.69. The smallest absolute Gasteiger partial charge is 0.231 e. The zero-order valence-corrected chi connectivity index (χ0v) is 12.6. The SMILES string of the molecule is O=C1C[C@@H](c2ccc(Br)cc2)Nc2cc3c(cc21)OCO3. The van der Waals surface area contributed by atoms with Crippen LogP contribution in [-0.2, 0) is 0 Å². The average molecular weight is 346 g/mol. The number of carbonyl (C=O) groups excluding carboxylic acids is 1. The van der Waals surface area contributed by atoms with Gasteiger partial charge in [-0.2, -0.15) is 0 Å². The Labute approximate surface area is 130 Å². The van der Waals surface area contributed by atoms with Crippen molar-refractivity contribution in [3.05, 3.63) is 52.0 Å². The van der Waals surface area contributed by atoms with Crippen LogP contribution in [0.2, 0.25) is 0 Å². The minimum absolute atomic E-state index is 0.0153. The number of benzene rings is 2. The van der Waals surface area contributed by atoms with Crippen LogP contribution in [0, 0.1) is 0 Å². The lowest BCUT2D eigenvalue weighted by molar-refractivity contribution is 0.0972. The molecule has 106 valence electrons. The van der Waals surface area contributed by atoms with Crippen LogP contribution in [0.3, 0.4) is 0 Å². The molecule has 2 aliphatic rings. The summed E-state index contributed by atoms with van der Waals surface area (Å²) in [4.78, 5) is 12.4. The molecule has 0 spiro atoms. The summed E-state index contributed by atoms with van der Waals surface area (Å²) in [5, 5.41) is 3.42. The van der Waals surface area contributed by atoms with E-state index in [1.807, 2.05) is 30.3 Å². The third-order valence-electron chi connectivity index (χ3n) is 3.80. The minimum atomic E-state index is -0.0153. The maximum Gasteiger partial charge on any atom is 0.231 e. The second-order valence-corrected chi connectivity index (χ2v) is 6.04. The largest absolute Gasteiger partial charge is 0.454 e. The van der Waals surface area contributed by atoms with Crippen molar-refractivity contribution in [2.75, 3.05) is 12.1 Å². The van der Waals surface area contributed by atoms with Crippen molar-refractivity contribution in [2.45, 2.75) is 12.5 Å². The first-order valence-corrected chi connectivity index (χ1v) is 7.49. The molecule has 0 fully saturated rings. The highest BCUT2D eigenvalue weighted by atomic mass is 79.9. The standard InChI is InChI=1S/C16H12BrNO3/c17-10-3-1-9(2-4-10)12-6-14(19)11-5-15-16(21-8-20-15)7-13(11)18-12/h1-5,7,12,18H,6,8H2/t12-/m0/s1. The molecular formula is C16H12BrNO3. The molecule has 0 radical (unpaired) electrons. The molecule has 0 saturated carbocycles. The molecule has 21 heavy (non-hydrogen) atoms. The number of halogens is 1. The van der Waals surface area contributed by atoms with Crippen LogP contribution >= 0.6 is 15.9 Å². The molecule has 1 N–H and O–H groups in total. The van der Waals surface area contributed by atoms with Gasteiger partial charge in [0.1, 0.15) is 0 Å². The van der Waals surface area contributed by atoms with Gasteiger partial charge in [-0.1, -0.05) is 28.1 Å². The molecule has 0 aromatic heterocycles. The van der Waals surface area contributed by atoms with Crippen molar-refractivity contribution in [1.29, 1.82) is 0 Å². The van der Waals surface area contributed by atoms with Crippen LogP contribution in [0.5, 0.6) is 11.5 Å². The molecule has 4 nitrogen and oxygen atoms in total. The number of Topliss-reactive ketones (excluding diaryl/α,β-unsaturated/α-hetero) is 1. The Hall–Kier alpha value is -2.01. The number of ether oxygens (including phenoxy) is 2. The van der Waals surface area contributed by atoms with E-state index < -0.39 is 0 Å². The molecule has 0 saturated heterocycles. The summed E-state index contributed by atoms with van der Waals surface area (Å²) in [6.45, 7) is 0.211. The fourth-order valence-electron chi connectivity index (χ4n) is 2.72. The second-order valence-electron chi connectivity index (χ2n) is 5.13. The number of hydrogen-bond acceptors (Lipinski definition) is 4. The Balaban J connectivity index is 1.71. The summed E-state index contributed by atoms with van der Waals surface area (Å²) in [7, 11) is 0. The number of hydrogen-bond donors (Lipinski definition) is 1. The summed E-state index contributed by atoms with van der Waals surface area (Å²) in [6, 6.07) is 11.6. The van der Waals surface area contributed by atoms with Crippen LogP contribution in [0.25, 0.3) is 0 Å². The van der Waals surface area contributed by atoms with E-state index in [2.05, 4.69) is 21.2 Å². The lowest BCUT2D eigenvalue weighted by Gasteiger charge is -2.26. The van der Waals surface area contributed by atoms with Crippen molar-refractivity contribution in [1.82, 2.24) is 0 Å². The van der Waals surface area contributed by atoms with E-state index in [0.29, 0.717) is 23.5 Å². The van der Waals surface area contributed by atoms with E-state index in [-0.39, 0.29) is 18.6 Å². The van der Waals surface area contributed by atoms with E-state index in [4.69, 9.17) is 9.47 Å². The van der Waals surface area contributed by atoms with E-state index in [1.54, 1.807) is 6.07 Å². The Morgan fingerprint density at radius 2 is 1.81 bits per heavy atom. The zero-order valence-electron chi connectivity index (χ0n) is 11.1. The number of nitrogens with one attached hydrogen (secondary N) is 1. The Bertz CT molecular complexity index is 727. The summed E-state index contributed by atoms with van der Waals surface area (Å²) >= 11 is 3.42. The predicted octanol–water partition coefficient (Wildman–Crippen LogP) is 3.92. The maximum atomic E-state index is 12.4. The summed E-state index contributed by atoms with van der Waals surface area (Å²) in [6.07, 6.45) is 0.439. The first-order chi connectivity index (χ1) is 10.2. The predicted molar refractivity (Wildman–Crippen MR) is 82.0 cm³/mol. The number of ketones is 1. The zero-order chi connectivity index (χ0) is 14.4. The van der Waals surface area contributed by atoms with Crippen LogP contribution in [0.4, 0.5) is 5.69 Å². The minimum Gasteiger partial charge on any atom is -0.454 e. The van der Waals surface area contributed by atoms with E-state index >= 15 is 0 Å². The lowest BCUT2D eigenvalue weighted by Crippen LogP contribution is -2.22. The molecule has 1 atom stereocenters. The fraction of sp³-hybridized carbons (Fsp3) is 0.188. The molecular weight excluding hydrogens is 334 g/mol. The molecule has 0 aliphatic carbocycles.